The largest absolute Gasteiger partial charge is 0.461 e. The molecule has 0 saturated heterocycles. The Hall–Kier alpha value is -3.16. The van der Waals surface area contributed by atoms with Gasteiger partial charge in [0.25, 0.3) is 0 Å². The van der Waals surface area contributed by atoms with Crippen LogP contribution < -0.4 is 10.6 Å². The Bertz CT molecular complexity index is 1280. The van der Waals surface area contributed by atoms with Crippen molar-refractivity contribution in [1.82, 2.24) is 15.6 Å². The first kappa shape index (κ1) is 24.9. The molecule has 0 aliphatic carbocycles. The molecular weight excluding hydrogens is 485 g/mol. The summed E-state index contributed by atoms with van der Waals surface area (Å²) in [5, 5.41) is 17.8. The van der Waals surface area contributed by atoms with E-state index < -0.39 is 12.3 Å². The lowest BCUT2D eigenvalue weighted by atomic mass is 10.1. The van der Waals surface area contributed by atoms with E-state index in [4.69, 9.17) is 27.6 Å². The molecule has 1 amide bonds. The summed E-state index contributed by atoms with van der Waals surface area (Å²) in [6.07, 6.45) is 2.53. The minimum atomic E-state index is -1.04. The number of carbonyl (C=O) groups is 1. The number of hydrogen-bond donors (Lipinski definition) is 3. The normalized spacial score (nSPS) is 12.8. The summed E-state index contributed by atoms with van der Waals surface area (Å²) < 4.78 is 6.00. The lowest BCUT2D eigenvalue weighted by molar-refractivity contribution is -0.124. The average molecular weight is 510 g/mol. The molecule has 2 aromatic heterocycles. The first-order chi connectivity index (χ1) is 16.9. The van der Waals surface area contributed by atoms with Crippen LogP contribution in [0.4, 0.5) is 0 Å². The number of rotatable bonds is 9. The van der Waals surface area contributed by atoms with Crippen molar-refractivity contribution in [2.24, 2.45) is 0 Å². The van der Waals surface area contributed by atoms with Gasteiger partial charge in [-0.25, -0.2) is 0 Å². The van der Waals surface area contributed by atoms with Crippen molar-refractivity contribution >= 4 is 29.1 Å². The number of nitrogens with one attached hydrogen (secondary N) is 2. The third-order valence-electron chi connectivity index (χ3n) is 5.52. The van der Waals surface area contributed by atoms with Crippen molar-refractivity contribution in [2.75, 3.05) is 0 Å². The lowest BCUT2D eigenvalue weighted by Gasteiger charge is -2.22. The summed E-state index contributed by atoms with van der Waals surface area (Å²) in [4.78, 5) is 17.2. The molecule has 0 fully saturated rings. The highest BCUT2D eigenvalue weighted by atomic mass is 35.5. The fraction of sp³-hybridized carbons (Fsp3) is 0.185. The molecule has 0 aliphatic heterocycles. The van der Waals surface area contributed by atoms with Crippen molar-refractivity contribution in [3.8, 4) is 11.3 Å². The lowest BCUT2D eigenvalue weighted by Crippen LogP contribution is -2.46. The second-order valence-electron chi connectivity index (χ2n) is 8.21. The molecule has 180 valence electrons. The molecule has 2 atom stereocenters. The van der Waals surface area contributed by atoms with E-state index in [-0.39, 0.29) is 12.3 Å². The molecule has 0 bridgehead atoms. The number of amides is 1. The highest BCUT2D eigenvalue weighted by molar-refractivity contribution is 6.35. The van der Waals surface area contributed by atoms with Crippen molar-refractivity contribution < 1.29 is 14.3 Å². The van der Waals surface area contributed by atoms with Crippen LogP contribution in [-0.4, -0.2) is 22.0 Å². The molecule has 6 nitrogen and oxygen atoms in total. The van der Waals surface area contributed by atoms with E-state index in [9.17, 15) is 9.90 Å². The van der Waals surface area contributed by atoms with Gasteiger partial charge in [0.1, 0.15) is 17.7 Å². The van der Waals surface area contributed by atoms with Gasteiger partial charge in [-0.3, -0.25) is 15.1 Å². The van der Waals surface area contributed by atoms with Crippen LogP contribution in [0.2, 0.25) is 10.0 Å². The van der Waals surface area contributed by atoms with Gasteiger partial charge in [-0.1, -0.05) is 59.1 Å². The summed E-state index contributed by atoms with van der Waals surface area (Å²) in [7, 11) is 0. The highest BCUT2D eigenvalue weighted by Gasteiger charge is 2.24. The Labute approximate surface area is 213 Å². The van der Waals surface area contributed by atoms with Crippen LogP contribution in [0.15, 0.2) is 83.5 Å². The van der Waals surface area contributed by atoms with E-state index in [1.807, 2.05) is 43.3 Å². The summed E-state index contributed by atoms with van der Waals surface area (Å²) in [5.74, 6) is 0.820. The second-order valence-corrected chi connectivity index (χ2v) is 9.05. The van der Waals surface area contributed by atoms with Crippen LogP contribution in [0.3, 0.4) is 0 Å². The quantitative estimate of drug-likeness (QED) is 0.260. The molecule has 2 aromatic carbocycles. The number of halogens is 2. The van der Waals surface area contributed by atoms with Gasteiger partial charge in [0.15, 0.2) is 0 Å². The van der Waals surface area contributed by atoms with Gasteiger partial charge >= 0.3 is 0 Å². The first-order valence-corrected chi connectivity index (χ1v) is 11.9. The minimum Gasteiger partial charge on any atom is -0.461 e. The second kappa shape index (κ2) is 11.5. The summed E-state index contributed by atoms with van der Waals surface area (Å²) in [6.45, 7) is 2.28. The molecular formula is C27H25Cl2N3O3. The predicted molar refractivity (Wildman–Crippen MR) is 137 cm³/mol. The third kappa shape index (κ3) is 6.71. The van der Waals surface area contributed by atoms with E-state index >= 15 is 0 Å². The van der Waals surface area contributed by atoms with Crippen molar-refractivity contribution in [2.45, 2.75) is 32.2 Å². The van der Waals surface area contributed by atoms with Gasteiger partial charge in [0, 0.05) is 35.9 Å². The first-order valence-electron chi connectivity index (χ1n) is 11.1. The van der Waals surface area contributed by atoms with E-state index in [1.54, 1.807) is 42.7 Å². The molecule has 35 heavy (non-hydrogen) atoms. The van der Waals surface area contributed by atoms with Crippen LogP contribution in [-0.2, 0) is 17.8 Å². The Kier molecular flexibility index (Phi) is 8.21. The number of carbonyl (C=O) groups excluding carboxylic acids is 1. The molecule has 0 saturated carbocycles. The Balaban J connectivity index is 1.52. The van der Waals surface area contributed by atoms with E-state index in [1.165, 1.54) is 0 Å². The molecule has 2 heterocycles. The van der Waals surface area contributed by atoms with E-state index in [0.717, 1.165) is 11.1 Å². The summed E-state index contributed by atoms with van der Waals surface area (Å²) in [6, 6.07) is 19.1. The maximum Gasteiger partial charge on any atom is 0.237 e. The molecule has 0 aliphatic rings. The Morgan fingerprint density at radius 1 is 1.09 bits per heavy atom. The fourth-order valence-corrected chi connectivity index (χ4v) is 3.98. The fourth-order valence-electron chi connectivity index (χ4n) is 3.60. The SMILES string of the molecule is Cc1ccc(C(O)NC(Cc2ccc(-c3cc(Cl)ccc3Cl)o2)C(=O)NCc2cccnc2)cc1. The number of aromatic nitrogens is 1. The molecule has 2 unspecified atom stereocenters. The number of hydrogen-bond acceptors (Lipinski definition) is 5. The zero-order valence-corrected chi connectivity index (χ0v) is 20.6. The number of furan rings is 1. The van der Waals surface area contributed by atoms with E-state index in [0.29, 0.717) is 39.2 Å². The van der Waals surface area contributed by atoms with E-state index in [2.05, 4.69) is 15.6 Å². The van der Waals surface area contributed by atoms with Crippen LogP contribution in [0.25, 0.3) is 11.3 Å². The number of aliphatic hydroxyl groups is 1. The van der Waals surface area contributed by atoms with Gasteiger partial charge in [-0.05, 0) is 54.4 Å². The molecule has 0 radical (unpaired) electrons. The number of pyridine rings is 1. The smallest absolute Gasteiger partial charge is 0.237 e. The van der Waals surface area contributed by atoms with Gasteiger partial charge in [-0.2, -0.15) is 0 Å². The van der Waals surface area contributed by atoms with Gasteiger partial charge in [0.05, 0.1) is 11.1 Å². The van der Waals surface area contributed by atoms with Crippen molar-refractivity contribution in [3.05, 3.63) is 112 Å². The van der Waals surface area contributed by atoms with Gasteiger partial charge < -0.3 is 14.8 Å². The topological polar surface area (TPSA) is 87.4 Å². The third-order valence-corrected chi connectivity index (χ3v) is 6.08. The zero-order valence-electron chi connectivity index (χ0n) is 19.0. The molecule has 4 rings (SSSR count). The minimum absolute atomic E-state index is 0.208. The van der Waals surface area contributed by atoms with Crippen molar-refractivity contribution in [3.63, 3.8) is 0 Å². The van der Waals surface area contributed by atoms with Crippen LogP contribution in [0.1, 0.15) is 28.7 Å². The standard InChI is InChI=1S/C27H25Cl2N3O3/c1-17-4-6-19(7-5-17)26(33)32-24(27(34)31-16-18-3-2-12-30-15-18)14-21-9-11-25(35-21)22-13-20(28)8-10-23(22)29/h2-13,15,24,26,32-33H,14,16H2,1H3,(H,31,34). The predicted octanol–water partition coefficient (Wildman–Crippen LogP) is 5.47. The van der Waals surface area contributed by atoms with Gasteiger partial charge in [-0.15, -0.1) is 0 Å². The Morgan fingerprint density at radius 3 is 2.63 bits per heavy atom. The van der Waals surface area contributed by atoms with Gasteiger partial charge in [0.2, 0.25) is 5.91 Å². The maximum atomic E-state index is 13.1. The molecule has 0 spiro atoms. The summed E-state index contributed by atoms with van der Waals surface area (Å²) >= 11 is 12.4. The number of nitrogens with zero attached hydrogens (tertiary/aromatic N) is 1. The monoisotopic (exact) mass is 509 g/mol. The Morgan fingerprint density at radius 2 is 1.89 bits per heavy atom. The van der Waals surface area contributed by atoms with Crippen molar-refractivity contribution in [1.29, 1.82) is 0 Å². The summed E-state index contributed by atoms with van der Waals surface area (Å²) in [5.41, 5.74) is 3.27. The van der Waals surface area contributed by atoms with Crippen LogP contribution >= 0.6 is 23.2 Å². The molecule has 3 N–H and O–H groups in total. The van der Waals surface area contributed by atoms with Crippen LogP contribution in [0.5, 0.6) is 0 Å². The zero-order chi connectivity index (χ0) is 24.8. The van der Waals surface area contributed by atoms with Crippen LogP contribution in [0, 0.1) is 6.92 Å². The molecule has 8 heteroatoms. The highest BCUT2D eigenvalue weighted by Crippen LogP contribution is 2.32. The number of aliphatic hydroxyl groups excluding tert-OH is 1. The average Bonchev–Trinajstić information content (AvgIpc) is 3.33. The maximum absolute atomic E-state index is 13.1. The molecule has 4 aromatic rings. The number of benzene rings is 2. The number of aryl methyl sites for hydroxylation is 1.